The molecule has 0 spiro atoms. The summed E-state index contributed by atoms with van der Waals surface area (Å²) in [6.45, 7) is 3.03. The molecule has 3 aliphatic rings. The first kappa shape index (κ1) is 13.4. The van der Waals surface area contributed by atoms with Gasteiger partial charge in [0.2, 0.25) is 0 Å². The van der Waals surface area contributed by atoms with E-state index in [1.54, 1.807) is 0 Å². The van der Waals surface area contributed by atoms with E-state index in [0.29, 0.717) is 28.0 Å². The maximum atomic E-state index is 6.20. The Morgan fingerprint density at radius 2 is 2.10 bits per heavy atom. The summed E-state index contributed by atoms with van der Waals surface area (Å²) in [5.41, 5.74) is 1.56. The molecule has 108 valence electrons. The predicted molar refractivity (Wildman–Crippen MR) is 81.6 cm³/mol. The minimum Gasteiger partial charge on any atom is -0.378 e. The third kappa shape index (κ3) is 1.93. The number of nitrogens with one attached hydrogen (secondary N) is 1. The molecule has 0 amide bonds. The van der Waals surface area contributed by atoms with Crippen LogP contribution in [0.5, 0.6) is 0 Å². The summed E-state index contributed by atoms with van der Waals surface area (Å²) in [5.74, 6) is 1.33. The van der Waals surface area contributed by atoms with Gasteiger partial charge in [-0.25, -0.2) is 0 Å². The van der Waals surface area contributed by atoms with Gasteiger partial charge in [-0.1, -0.05) is 29.3 Å². The molecule has 2 nitrogen and oxygen atoms in total. The fraction of sp³-hybridized carbons (Fsp3) is 0.625. The summed E-state index contributed by atoms with van der Waals surface area (Å²) < 4.78 is 6.05. The van der Waals surface area contributed by atoms with Crippen LogP contribution in [0.25, 0.3) is 0 Å². The van der Waals surface area contributed by atoms with E-state index in [2.05, 4.69) is 11.4 Å². The van der Waals surface area contributed by atoms with Crippen molar-refractivity contribution in [3.8, 4) is 0 Å². The van der Waals surface area contributed by atoms with Gasteiger partial charge in [-0.05, 0) is 55.3 Å². The van der Waals surface area contributed by atoms with E-state index < -0.39 is 0 Å². The SMILES string of the molecule is Clc1ccc([C@]23CNC[C@H]2[C@@H]3COC2CCC2)cc1Cl. The second-order valence-corrected chi connectivity index (χ2v) is 7.21. The van der Waals surface area contributed by atoms with Gasteiger partial charge in [-0.3, -0.25) is 0 Å². The van der Waals surface area contributed by atoms with E-state index in [1.807, 2.05) is 12.1 Å². The lowest BCUT2D eigenvalue weighted by Crippen LogP contribution is -2.28. The highest BCUT2D eigenvalue weighted by molar-refractivity contribution is 6.42. The van der Waals surface area contributed by atoms with Gasteiger partial charge in [0.15, 0.2) is 0 Å². The van der Waals surface area contributed by atoms with E-state index in [0.717, 1.165) is 19.7 Å². The number of piperidine rings is 1. The number of rotatable bonds is 4. The Bertz CT molecular complexity index is 531. The van der Waals surface area contributed by atoms with Crippen molar-refractivity contribution in [2.24, 2.45) is 11.8 Å². The molecule has 0 aromatic heterocycles. The average Bonchev–Trinajstić information content (AvgIpc) is 2.79. The summed E-state index contributed by atoms with van der Waals surface area (Å²) >= 11 is 12.2. The number of hydrogen-bond acceptors (Lipinski definition) is 2. The Balaban J connectivity index is 1.53. The van der Waals surface area contributed by atoms with Crippen LogP contribution in [0.2, 0.25) is 10.0 Å². The van der Waals surface area contributed by atoms with Crippen LogP contribution >= 0.6 is 23.2 Å². The zero-order valence-corrected chi connectivity index (χ0v) is 12.9. The van der Waals surface area contributed by atoms with E-state index in [4.69, 9.17) is 27.9 Å². The molecule has 1 saturated heterocycles. The zero-order valence-electron chi connectivity index (χ0n) is 11.4. The lowest BCUT2D eigenvalue weighted by molar-refractivity contribution is -0.00759. The second-order valence-electron chi connectivity index (χ2n) is 6.40. The number of fused-ring (bicyclic) bond motifs is 1. The van der Waals surface area contributed by atoms with Crippen molar-refractivity contribution >= 4 is 23.2 Å². The van der Waals surface area contributed by atoms with Crippen molar-refractivity contribution in [2.45, 2.75) is 30.8 Å². The molecular formula is C16H19Cl2NO. The van der Waals surface area contributed by atoms with E-state index in [9.17, 15) is 0 Å². The number of ether oxygens (including phenoxy) is 1. The Kier molecular flexibility index (Phi) is 3.26. The quantitative estimate of drug-likeness (QED) is 0.916. The molecule has 0 unspecified atom stereocenters. The minimum atomic E-state index is 0.234. The first-order valence-corrected chi connectivity index (χ1v) is 8.25. The van der Waals surface area contributed by atoms with Crippen LogP contribution in [0.15, 0.2) is 18.2 Å². The number of halogens is 2. The summed E-state index contributed by atoms with van der Waals surface area (Å²) in [5, 5.41) is 4.81. The topological polar surface area (TPSA) is 21.3 Å². The highest BCUT2D eigenvalue weighted by atomic mass is 35.5. The molecule has 4 rings (SSSR count). The summed E-state index contributed by atoms with van der Waals surface area (Å²) in [6.07, 6.45) is 4.35. The molecule has 1 heterocycles. The molecule has 1 aliphatic heterocycles. The van der Waals surface area contributed by atoms with Crippen LogP contribution in [0, 0.1) is 11.8 Å². The molecular weight excluding hydrogens is 293 g/mol. The van der Waals surface area contributed by atoms with E-state index >= 15 is 0 Å². The third-order valence-corrected chi connectivity index (χ3v) is 6.24. The highest BCUT2D eigenvalue weighted by Crippen LogP contribution is 2.62. The van der Waals surface area contributed by atoms with E-state index in [-0.39, 0.29) is 5.41 Å². The first-order valence-electron chi connectivity index (χ1n) is 7.49. The Labute approximate surface area is 129 Å². The van der Waals surface area contributed by atoms with Crippen molar-refractivity contribution < 1.29 is 4.74 Å². The predicted octanol–water partition coefficient (Wildman–Crippen LogP) is 3.65. The standard InChI is InChI=1S/C16H19Cl2NO/c17-14-5-4-10(6-15(14)18)16-9-19-7-12(16)13(16)8-20-11-2-1-3-11/h4-6,11-13,19H,1-3,7-9H2/t12-,13-,16+/m0/s1. The molecule has 3 atom stereocenters. The van der Waals surface area contributed by atoms with Gasteiger partial charge < -0.3 is 10.1 Å². The smallest absolute Gasteiger partial charge is 0.0595 e. The maximum Gasteiger partial charge on any atom is 0.0595 e. The second kappa shape index (κ2) is 4.88. The Morgan fingerprint density at radius 3 is 2.80 bits per heavy atom. The molecule has 1 aromatic carbocycles. The number of benzene rings is 1. The van der Waals surface area contributed by atoms with Gasteiger partial charge in [-0.15, -0.1) is 0 Å². The van der Waals surface area contributed by atoms with Gasteiger partial charge in [0.1, 0.15) is 0 Å². The Hall–Kier alpha value is -0.280. The molecule has 3 fully saturated rings. The van der Waals surface area contributed by atoms with Crippen molar-refractivity contribution in [3.63, 3.8) is 0 Å². The molecule has 2 saturated carbocycles. The van der Waals surface area contributed by atoms with Gasteiger partial charge in [0, 0.05) is 12.0 Å². The fourth-order valence-electron chi connectivity index (χ4n) is 3.98. The maximum absolute atomic E-state index is 6.20. The lowest BCUT2D eigenvalue weighted by atomic mass is 9.93. The highest BCUT2D eigenvalue weighted by Gasteiger charge is 2.67. The molecule has 4 heteroatoms. The van der Waals surface area contributed by atoms with Gasteiger partial charge in [0.05, 0.1) is 22.8 Å². The Morgan fingerprint density at radius 1 is 1.25 bits per heavy atom. The monoisotopic (exact) mass is 311 g/mol. The van der Waals surface area contributed by atoms with Crippen molar-refractivity contribution in [1.29, 1.82) is 0 Å². The van der Waals surface area contributed by atoms with Crippen LogP contribution in [0.4, 0.5) is 0 Å². The zero-order chi connectivity index (χ0) is 13.7. The van der Waals surface area contributed by atoms with Gasteiger partial charge >= 0.3 is 0 Å². The summed E-state index contributed by atoms with van der Waals surface area (Å²) in [4.78, 5) is 0. The van der Waals surface area contributed by atoms with Gasteiger partial charge in [-0.2, -0.15) is 0 Å². The van der Waals surface area contributed by atoms with Crippen molar-refractivity contribution in [3.05, 3.63) is 33.8 Å². The van der Waals surface area contributed by atoms with Crippen LogP contribution in [0.1, 0.15) is 24.8 Å². The van der Waals surface area contributed by atoms with Crippen LogP contribution in [-0.2, 0) is 10.2 Å². The van der Waals surface area contributed by atoms with Crippen LogP contribution in [0.3, 0.4) is 0 Å². The van der Waals surface area contributed by atoms with Crippen molar-refractivity contribution in [2.75, 3.05) is 19.7 Å². The summed E-state index contributed by atoms with van der Waals surface area (Å²) in [7, 11) is 0. The fourth-order valence-corrected chi connectivity index (χ4v) is 4.28. The number of hydrogen-bond donors (Lipinski definition) is 1. The molecule has 1 aromatic rings. The first-order chi connectivity index (χ1) is 9.72. The largest absolute Gasteiger partial charge is 0.378 e. The van der Waals surface area contributed by atoms with Crippen molar-refractivity contribution in [1.82, 2.24) is 5.32 Å². The minimum absolute atomic E-state index is 0.234. The molecule has 1 N–H and O–H groups in total. The molecule has 2 aliphatic carbocycles. The van der Waals surface area contributed by atoms with E-state index in [1.165, 1.54) is 24.8 Å². The lowest BCUT2D eigenvalue weighted by Gasteiger charge is -2.26. The molecule has 20 heavy (non-hydrogen) atoms. The van der Waals surface area contributed by atoms with Crippen LogP contribution in [-0.4, -0.2) is 25.8 Å². The molecule has 0 radical (unpaired) electrons. The third-order valence-electron chi connectivity index (χ3n) is 5.50. The molecule has 0 bridgehead atoms. The summed E-state index contributed by atoms with van der Waals surface area (Å²) in [6, 6.07) is 6.11. The normalized spacial score (nSPS) is 35.7. The van der Waals surface area contributed by atoms with Gasteiger partial charge in [0.25, 0.3) is 0 Å². The average molecular weight is 312 g/mol. The van der Waals surface area contributed by atoms with Crippen LogP contribution < -0.4 is 5.32 Å².